The van der Waals surface area contributed by atoms with E-state index in [2.05, 4.69) is 15.1 Å². The van der Waals surface area contributed by atoms with Crippen LogP contribution in [0.5, 0.6) is 0 Å². The number of nitrogens with zero attached hydrogens (tertiary/aromatic N) is 2. The molecule has 4 rings (SSSR count). The topological polar surface area (TPSA) is 93.1 Å². The Bertz CT molecular complexity index is 1290. The number of hydrogen-bond donors (Lipinski definition) is 2. The van der Waals surface area contributed by atoms with Gasteiger partial charge in [-0.3, -0.25) is 4.79 Å². The molecule has 0 atom stereocenters. The zero-order chi connectivity index (χ0) is 23.0. The van der Waals surface area contributed by atoms with Crippen LogP contribution in [0.4, 0.5) is 14.5 Å². The number of sulfonamides is 1. The van der Waals surface area contributed by atoms with Gasteiger partial charge in [-0.15, -0.1) is 0 Å². The molecule has 1 aliphatic carbocycles. The van der Waals surface area contributed by atoms with Gasteiger partial charge < -0.3 is 5.32 Å². The molecule has 3 aromatic rings. The van der Waals surface area contributed by atoms with Gasteiger partial charge in [0.2, 0.25) is 10.0 Å². The lowest BCUT2D eigenvalue weighted by molar-refractivity contribution is 0.102. The van der Waals surface area contributed by atoms with Gasteiger partial charge in [-0.25, -0.2) is 26.6 Å². The van der Waals surface area contributed by atoms with E-state index in [4.69, 9.17) is 0 Å². The number of carbonyl (C=O) groups is 1. The fraction of sp³-hybridized carbons (Fsp3) is 0.273. The number of hydrogen-bond acceptors (Lipinski definition) is 4. The minimum Gasteiger partial charge on any atom is -0.321 e. The molecule has 0 unspecified atom stereocenters. The Morgan fingerprint density at radius 2 is 1.78 bits per heavy atom. The van der Waals surface area contributed by atoms with E-state index < -0.39 is 27.6 Å². The molecule has 1 amide bonds. The van der Waals surface area contributed by atoms with Crippen molar-refractivity contribution in [2.45, 2.75) is 44.0 Å². The number of carbonyl (C=O) groups excluding carboxylic acids is 1. The maximum Gasteiger partial charge on any atom is 0.276 e. The molecular weight excluding hydrogens is 438 g/mol. The summed E-state index contributed by atoms with van der Waals surface area (Å²) >= 11 is 0. The largest absolute Gasteiger partial charge is 0.321 e. The third-order valence-electron chi connectivity index (χ3n) is 5.11. The van der Waals surface area contributed by atoms with Crippen LogP contribution in [-0.4, -0.2) is 30.1 Å². The predicted molar refractivity (Wildman–Crippen MR) is 115 cm³/mol. The molecule has 1 aliphatic rings. The summed E-state index contributed by atoms with van der Waals surface area (Å²) in [6.07, 6.45) is 2.15. The first-order valence-corrected chi connectivity index (χ1v) is 11.6. The summed E-state index contributed by atoms with van der Waals surface area (Å²) in [6, 6.07) is 9.06. The van der Waals surface area contributed by atoms with Gasteiger partial charge in [0.1, 0.15) is 0 Å². The van der Waals surface area contributed by atoms with E-state index in [0.29, 0.717) is 24.2 Å². The van der Waals surface area contributed by atoms with Crippen LogP contribution in [-0.2, 0) is 22.9 Å². The minimum absolute atomic E-state index is 0.0905. The van der Waals surface area contributed by atoms with Crippen LogP contribution in [0.15, 0.2) is 47.4 Å². The summed E-state index contributed by atoms with van der Waals surface area (Å²) in [7, 11) is -3.63. The Labute approximate surface area is 184 Å². The molecule has 7 nitrogen and oxygen atoms in total. The van der Waals surface area contributed by atoms with Gasteiger partial charge in [0.15, 0.2) is 17.3 Å². The monoisotopic (exact) mass is 460 g/mol. The molecule has 0 saturated carbocycles. The Morgan fingerprint density at radius 3 is 2.44 bits per heavy atom. The molecule has 1 heterocycles. The molecule has 0 bridgehead atoms. The molecule has 0 saturated heterocycles. The van der Waals surface area contributed by atoms with Crippen molar-refractivity contribution in [1.29, 1.82) is 0 Å². The number of anilines is 1. The molecule has 2 N–H and O–H groups in total. The Balaban J connectivity index is 1.59. The zero-order valence-corrected chi connectivity index (χ0v) is 18.3. The van der Waals surface area contributed by atoms with Crippen molar-refractivity contribution in [3.8, 4) is 5.69 Å². The quantitative estimate of drug-likeness (QED) is 0.588. The van der Waals surface area contributed by atoms with Crippen molar-refractivity contribution in [2.24, 2.45) is 0 Å². The van der Waals surface area contributed by atoms with Gasteiger partial charge in [-0.1, -0.05) is 0 Å². The lowest BCUT2D eigenvalue weighted by Gasteiger charge is -2.10. The van der Waals surface area contributed by atoms with Crippen LogP contribution in [0.2, 0.25) is 0 Å². The molecule has 32 heavy (non-hydrogen) atoms. The highest BCUT2D eigenvalue weighted by Crippen LogP contribution is 2.29. The molecule has 10 heteroatoms. The number of fused-ring (bicyclic) bond motifs is 1. The molecule has 0 spiro atoms. The third kappa shape index (κ3) is 4.28. The fourth-order valence-corrected chi connectivity index (χ4v) is 4.99. The number of rotatable bonds is 6. The maximum absolute atomic E-state index is 13.7. The number of halogens is 2. The zero-order valence-electron chi connectivity index (χ0n) is 17.5. The summed E-state index contributed by atoms with van der Waals surface area (Å²) in [4.78, 5) is 13.0. The summed E-state index contributed by atoms with van der Waals surface area (Å²) in [5.74, 6) is -2.40. The fourth-order valence-electron chi connectivity index (χ4n) is 3.74. The van der Waals surface area contributed by atoms with Crippen molar-refractivity contribution in [3.63, 3.8) is 0 Å². The first-order valence-electron chi connectivity index (χ1n) is 10.2. The summed E-state index contributed by atoms with van der Waals surface area (Å²) in [6.45, 7) is 3.45. The van der Waals surface area contributed by atoms with Crippen molar-refractivity contribution in [3.05, 3.63) is 71.1 Å². The standard InChI is InChI=1S/C22H22F2N4O3S/c1-13(2)27-32(30,31)16-9-6-14(7-10-16)25-22(29)21-17-4-3-5-20(17)28(26-21)15-8-11-18(23)19(24)12-15/h6-13,27H,3-5H2,1-2H3,(H,25,29). The van der Waals surface area contributed by atoms with Crippen molar-refractivity contribution >= 4 is 21.6 Å². The van der Waals surface area contributed by atoms with Crippen molar-refractivity contribution in [1.82, 2.24) is 14.5 Å². The van der Waals surface area contributed by atoms with Crippen LogP contribution >= 0.6 is 0 Å². The highest BCUT2D eigenvalue weighted by atomic mass is 32.2. The Morgan fingerprint density at radius 1 is 1.06 bits per heavy atom. The average molecular weight is 461 g/mol. The first kappa shape index (κ1) is 22.1. The third-order valence-corrected chi connectivity index (χ3v) is 6.78. The summed E-state index contributed by atoms with van der Waals surface area (Å²) in [5, 5.41) is 7.10. The molecule has 2 aromatic carbocycles. The highest BCUT2D eigenvalue weighted by Gasteiger charge is 2.27. The minimum atomic E-state index is -3.63. The molecule has 168 valence electrons. The van der Waals surface area contributed by atoms with Gasteiger partial charge >= 0.3 is 0 Å². The number of benzene rings is 2. The second kappa shape index (κ2) is 8.44. The van der Waals surface area contributed by atoms with Gasteiger partial charge in [-0.2, -0.15) is 5.10 Å². The summed E-state index contributed by atoms with van der Waals surface area (Å²) < 4.78 is 55.5. The number of aromatic nitrogens is 2. The SMILES string of the molecule is CC(C)NS(=O)(=O)c1ccc(NC(=O)c2nn(-c3ccc(F)c(F)c3)c3c2CCC3)cc1. The van der Waals surface area contributed by atoms with E-state index in [9.17, 15) is 22.0 Å². The van der Waals surface area contributed by atoms with Crippen LogP contribution in [0.1, 0.15) is 42.0 Å². The van der Waals surface area contributed by atoms with E-state index in [1.54, 1.807) is 13.8 Å². The van der Waals surface area contributed by atoms with Gasteiger partial charge in [0.05, 0.1) is 10.6 Å². The van der Waals surface area contributed by atoms with E-state index >= 15 is 0 Å². The van der Waals surface area contributed by atoms with Crippen molar-refractivity contribution < 1.29 is 22.0 Å². The lowest BCUT2D eigenvalue weighted by atomic mass is 10.2. The number of nitrogens with one attached hydrogen (secondary N) is 2. The number of amides is 1. The van der Waals surface area contributed by atoms with Crippen molar-refractivity contribution in [2.75, 3.05) is 5.32 Å². The average Bonchev–Trinajstić information content (AvgIpc) is 3.32. The molecule has 0 fully saturated rings. The van der Waals surface area contributed by atoms with E-state index in [0.717, 1.165) is 29.8 Å². The molecule has 0 aliphatic heterocycles. The van der Waals surface area contributed by atoms with Gasteiger partial charge in [-0.05, 0) is 69.5 Å². The normalized spacial score (nSPS) is 13.4. The molecule has 1 aromatic heterocycles. The van der Waals surface area contributed by atoms with Crippen LogP contribution in [0.3, 0.4) is 0 Å². The van der Waals surface area contributed by atoms with E-state index in [1.807, 2.05) is 0 Å². The second-order valence-electron chi connectivity index (χ2n) is 7.89. The Hall–Kier alpha value is -3.11. The smallest absolute Gasteiger partial charge is 0.276 e. The van der Waals surface area contributed by atoms with E-state index in [-0.39, 0.29) is 16.6 Å². The van der Waals surface area contributed by atoms with Crippen LogP contribution in [0, 0.1) is 11.6 Å². The maximum atomic E-state index is 13.7. The van der Waals surface area contributed by atoms with Crippen LogP contribution < -0.4 is 10.0 Å². The predicted octanol–water partition coefficient (Wildman–Crippen LogP) is 3.58. The first-order chi connectivity index (χ1) is 15.2. The molecular formula is C22H22F2N4O3S. The highest BCUT2D eigenvalue weighted by molar-refractivity contribution is 7.89. The second-order valence-corrected chi connectivity index (χ2v) is 9.61. The Kier molecular flexibility index (Phi) is 5.83. The lowest BCUT2D eigenvalue weighted by Crippen LogP contribution is -2.30. The van der Waals surface area contributed by atoms with Crippen LogP contribution in [0.25, 0.3) is 5.69 Å². The van der Waals surface area contributed by atoms with E-state index in [1.165, 1.54) is 35.0 Å². The van der Waals surface area contributed by atoms with Gasteiger partial charge in [0.25, 0.3) is 5.91 Å². The molecule has 0 radical (unpaired) electrons. The summed E-state index contributed by atoms with van der Waals surface area (Å²) in [5.41, 5.74) is 2.52. The van der Waals surface area contributed by atoms with Gasteiger partial charge in [0, 0.05) is 29.1 Å².